The Kier molecular flexibility index (Phi) is 4.84. The van der Waals surface area contributed by atoms with Crippen molar-refractivity contribution in [1.29, 1.82) is 0 Å². The second-order valence-corrected chi connectivity index (χ2v) is 9.86. The Morgan fingerprint density at radius 1 is 0.765 bits per heavy atom. The first-order valence-electron chi connectivity index (χ1n) is 12.1. The smallest absolute Gasteiger partial charge is 0.0591 e. The number of likely N-dealkylation sites (N-methyl/N-ethyl adjacent to an activating group) is 2. The molecule has 2 heteroatoms. The van der Waals surface area contributed by atoms with Crippen molar-refractivity contribution in [2.75, 3.05) is 23.9 Å². The van der Waals surface area contributed by atoms with E-state index in [1.165, 1.54) is 44.5 Å². The fourth-order valence-electron chi connectivity index (χ4n) is 6.08. The molecule has 0 aliphatic carbocycles. The number of rotatable bonds is 3. The fraction of sp³-hybridized carbons (Fsp3) is 0.188. The predicted octanol–water partition coefficient (Wildman–Crippen LogP) is 7.21. The predicted molar refractivity (Wildman–Crippen MR) is 146 cm³/mol. The molecule has 2 atom stereocenters. The largest absolute Gasteiger partial charge is 0.367 e. The zero-order chi connectivity index (χ0) is 23.3. The maximum atomic E-state index is 2.49. The third-order valence-corrected chi connectivity index (χ3v) is 7.79. The lowest BCUT2D eigenvalue weighted by molar-refractivity contribution is 0.440. The minimum atomic E-state index is -0.0784. The van der Waals surface area contributed by atoms with E-state index < -0.39 is 0 Å². The number of para-hydroxylation sites is 1. The lowest BCUT2D eigenvalue weighted by Gasteiger charge is -2.36. The van der Waals surface area contributed by atoms with Gasteiger partial charge in [-0.2, -0.15) is 0 Å². The topological polar surface area (TPSA) is 6.48 Å². The van der Waals surface area contributed by atoms with Crippen LogP contribution >= 0.6 is 0 Å². The number of benzene rings is 4. The van der Waals surface area contributed by atoms with Crippen molar-refractivity contribution in [1.82, 2.24) is 0 Å². The van der Waals surface area contributed by atoms with Gasteiger partial charge >= 0.3 is 0 Å². The first-order chi connectivity index (χ1) is 16.6. The van der Waals surface area contributed by atoms with Gasteiger partial charge < -0.3 is 9.80 Å². The minimum Gasteiger partial charge on any atom is -0.367 e. The van der Waals surface area contributed by atoms with Gasteiger partial charge in [0, 0.05) is 36.6 Å². The molecule has 2 unspecified atom stereocenters. The highest BCUT2D eigenvalue weighted by atomic mass is 15.2. The highest BCUT2D eigenvalue weighted by Gasteiger charge is 2.46. The van der Waals surface area contributed by atoms with Gasteiger partial charge in [-0.1, -0.05) is 91.9 Å². The average molecular weight is 443 g/mol. The molecule has 0 amide bonds. The maximum Gasteiger partial charge on any atom is 0.0591 e. The lowest BCUT2D eigenvalue weighted by atomic mass is 9.72. The van der Waals surface area contributed by atoms with Crippen LogP contribution in [0.15, 0.2) is 109 Å². The normalized spacial score (nSPS) is 22.3. The van der Waals surface area contributed by atoms with Gasteiger partial charge in [-0.3, -0.25) is 0 Å². The van der Waals surface area contributed by atoms with E-state index in [9.17, 15) is 0 Å². The Hall–Kier alpha value is -3.78. The third-order valence-electron chi connectivity index (χ3n) is 7.79. The SMILES string of the molecule is CN1/C(=C/C2N(C)c3ccc4ccccc4c3C2(C)Cc2ccccc2)C=Cc2ccccc21. The van der Waals surface area contributed by atoms with Crippen LogP contribution in [0.5, 0.6) is 0 Å². The summed E-state index contributed by atoms with van der Waals surface area (Å²) in [5.41, 5.74) is 7.86. The Morgan fingerprint density at radius 2 is 1.50 bits per heavy atom. The van der Waals surface area contributed by atoms with E-state index in [1.807, 2.05) is 0 Å². The van der Waals surface area contributed by atoms with Crippen molar-refractivity contribution in [2.24, 2.45) is 0 Å². The number of hydrogen-bond donors (Lipinski definition) is 0. The molecule has 2 aliphatic heterocycles. The van der Waals surface area contributed by atoms with Gasteiger partial charge in [0.25, 0.3) is 0 Å². The minimum absolute atomic E-state index is 0.0784. The highest BCUT2D eigenvalue weighted by molar-refractivity contribution is 5.93. The molecule has 0 bridgehead atoms. The van der Waals surface area contributed by atoms with Crippen LogP contribution in [0.4, 0.5) is 11.4 Å². The molecular weight excluding hydrogens is 412 g/mol. The molecule has 0 radical (unpaired) electrons. The molecule has 2 nitrogen and oxygen atoms in total. The van der Waals surface area contributed by atoms with Crippen LogP contribution in [-0.4, -0.2) is 20.1 Å². The molecular formula is C32H30N2. The first-order valence-corrected chi connectivity index (χ1v) is 12.1. The summed E-state index contributed by atoms with van der Waals surface area (Å²) in [5.74, 6) is 0. The van der Waals surface area contributed by atoms with Gasteiger partial charge in [-0.15, -0.1) is 0 Å². The summed E-state index contributed by atoms with van der Waals surface area (Å²) in [6.07, 6.45) is 7.97. The molecule has 0 spiro atoms. The van der Waals surface area contributed by atoms with Gasteiger partial charge in [0.05, 0.1) is 6.04 Å². The zero-order valence-electron chi connectivity index (χ0n) is 20.1. The molecule has 0 saturated carbocycles. The maximum absolute atomic E-state index is 2.49. The number of allylic oxidation sites excluding steroid dienone is 1. The quantitative estimate of drug-likeness (QED) is 0.331. The van der Waals surface area contributed by atoms with Gasteiger partial charge in [-0.25, -0.2) is 0 Å². The molecule has 6 rings (SSSR count). The van der Waals surface area contributed by atoms with E-state index in [4.69, 9.17) is 0 Å². The Bertz CT molecular complexity index is 1430. The summed E-state index contributed by atoms with van der Waals surface area (Å²) >= 11 is 0. The number of fused-ring (bicyclic) bond motifs is 4. The highest BCUT2D eigenvalue weighted by Crippen LogP contribution is 2.50. The van der Waals surface area contributed by atoms with Crippen LogP contribution in [-0.2, 0) is 11.8 Å². The zero-order valence-corrected chi connectivity index (χ0v) is 20.1. The van der Waals surface area contributed by atoms with Crippen molar-refractivity contribution in [3.05, 3.63) is 126 Å². The number of hydrogen-bond acceptors (Lipinski definition) is 2. The summed E-state index contributed by atoms with van der Waals surface area (Å²) in [5, 5.41) is 2.68. The monoisotopic (exact) mass is 442 g/mol. The summed E-state index contributed by atoms with van der Waals surface area (Å²) in [6.45, 7) is 2.46. The standard InChI is InChI=1S/C32H30N2/c1-32(22-23-11-5-4-6-12-23)30(21-26-19-17-25-14-8-10-16-28(25)33(26)2)34(3)29-20-18-24-13-7-9-15-27(24)31(29)32/h4-21,30H,22H2,1-3H3/b26-21+. The Labute approximate surface area is 202 Å². The molecule has 4 aromatic rings. The number of nitrogens with zero attached hydrogens (tertiary/aromatic N) is 2. The summed E-state index contributed by atoms with van der Waals surface area (Å²) in [7, 11) is 4.44. The third kappa shape index (κ3) is 3.17. The van der Waals surface area contributed by atoms with Crippen LogP contribution in [0.25, 0.3) is 16.8 Å². The Balaban J connectivity index is 1.53. The van der Waals surface area contributed by atoms with Crippen LogP contribution in [0.3, 0.4) is 0 Å². The molecule has 2 heterocycles. The summed E-state index contributed by atoms with van der Waals surface area (Å²) in [4.78, 5) is 4.81. The van der Waals surface area contributed by atoms with E-state index in [0.29, 0.717) is 0 Å². The second-order valence-electron chi connectivity index (χ2n) is 9.86. The van der Waals surface area contributed by atoms with E-state index in [-0.39, 0.29) is 11.5 Å². The van der Waals surface area contributed by atoms with Gasteiger partial charge in [0.15, 0.2) is 0 Å². The van der Waals surface area contributed by atoms with E-state index in [0.717, 1.165) is 6.42 Å². The molecule has 0 aromatic heterocycles. The van der Waals surface area contributed by atoms with Crippen molar-refractivity contribution in [3.8, 4) is 0 Å². The van der Waals surface area contributed by atoms with Crippen molar-refractivity contribution < 1.29 is 0 Å². The number of anilines is 2. The van der Waals surface area contributed by atoms with Crippen molar-refractivity contribution in [2.45, 2.75) is 24.8 Å². The fourth-order valence-corrected chi connectivity index (χ4v) is 6.08. The van der Waals surface area contributed by atoms with E-state index in [2.05, 4.69) is 140 Å². The first kappa shape index (κ1) is 20.8. The van der Waals surface area contributed by atoms with E-state index >= 15 is 0 Å². The molecule has 0 N–H and O–H groups in total. The average Bonchev–Trinajstić information content (AvgIpc) is 3.08. The van der Waals surface area contributed by atoms with Crippen LogP contribution in [0, 0.1) is 0 Å². The lowest BCUT2D eigenvalue weighted by Crippen LogP contribution is -2.42. The molecule has 0 fully saturated rings. The van der Waals surface area contributed by atoms with Crippen LogP contribution in [0.1, 0.15) is 23.6 Å². The molecule has 2 aliphatic rings. The van der Waals surface area contributed by atoms with Crippen LogP contribution in [0.2, 0.25) is 0 Å². The summed E-state index contributed by atoms with van der Waals surface area (Å²) in [6, 6.07) is 33.2. The van der Waals surface area contributed by atoms with Gasteiger partial charge in [0.1, 0.15) is 0 Å². The van der Waals surface area contributed by atoms with Gasteiger partial charge in [0.2, 0.25) is 0 Å². The molecule has 168 valence electrons. The summed E-state index contributed by atoms with van der Waals surface area (Å²) < 4.78 is 0. The van der Waals surface area contributed by atoms with Crippen molar-refractivity contribution >= 4 is 28.2 Å². The molecule has 34 heavy (non-hydrogen) atoms. The molecule has 0 saturated heterocycles. The van der Waals surface area contributed by atoms with Crippen molar-refractivity contribution in [3.63, 3.8) is 0 Å². The Morgan fingerprint density at radius 3 is 2.35 bits per heavy atom. The van der Waals surface area contributed by atoms with Gasteiger partial charge in [-0.05, 0) is 58.2 Å². The van der Waals surface area contributed by atoms with E-state index in [1.54, 1.807) is 0 Å². The second kappa shape index (κ2) is 7.92. The molecule has 4 aromatic carbocycles. The van der Waals surface area contributed by atoms with Crippen LogP contribution < -0.4 is 9.80 Å².